The highest BCUT2D eigenvalue weighted by molar-refractivity contribution is 9.10. The number of Topliss-reactive ketones (excluding diaryl/α,β-unsaturated/α-hetero) is 1. The molecule has 0 bridgehead atoms. The fraction of sp³-hybridized carbons (Fsp3) is 0.583. The Morgan fingerprint density at radius 1 is 1.29 bits per heavy atom. The minimum atomic E-state index is -1.20. The Labute approximate surface area is 216 Å². The molecule has 194 valence electrons. The summed E-state index contributed by atoms with van der Waals surface area (Å²) in [5, 5.41) is 6.59. The molecule has 0 spiro atoms. The van der Waals surface area contributed by atoms with Crippen LogP contribution >= 0.6 is 15.9 Å². The van der Waals surface area contributed by atoms with Crippen molar-refractivity contribution in [2.75, 3.05) is 6.61 Å². The Balaban J connectivity index is 2.06. The number of imidazole rings is 1. The number of nitrogens with zero attached hydrogens (tertiary/aromatic N) is 3. The van der Waals surface area contributed by atoms with Crippen LogP contribution in [-0.2, 0) is 16.2 Å². The number of aromatic nitrogens is 3. The van der Waals surface area contributed by atoms with Crippen molar-refractivity contribution in [3.63, 3.8) is 0 Å². The van der Waals surface area contributed by atoms with E-state index in [2.05, 4.69) is 51.0 Å². The summed E-state index contributed by atoms with van der Waals surface area (Å²) in [5.74, 6) is 0.570. The highest BCUT2D eigenvalue weighted by Crippen LogP contribution is 2.22. The third-order valence-corrected chi connectivity index (χ3v) is 6.89. The van der Waals surface area contributed by atoms with Crippen molar-refractivity contribution in [2.45, 2.75) is 84.1 Å². The van der Waals surface area contributed by atoms with Crippen molar-refractivity contribution in [1.82, 2.24) is 20.0 Å². The predicted molar refractivity (Wildman–Crippen MR) is 140 cm³/mol. The fourth-order valence-corrected chi connectivity index (χ4v) is 4.23. The van der Waals surface area contributed by atoms with Gasteiger partial charge in [-0.1, -0.05) is 36.9 Å². The lowest BCUT2D eigenvalue weighted by atomic mass is 10.1. The van der Waals surface area contributed by atoms with Crippen LogP contribution in [0.4, 0.5) is 4.79 Å². The standard InChI is InChI=1S/C24H37BrN4O5Si/c1-24(2,3)34-23(31)26-19(10-8-7-9-11-20(30)18-12-13-33-28-18)22-27-21(25)16-29(22)17-32-14-15-35(4,5)6/h7-8,12-13,16,19H,9-11,14-15,17H2,1-6H3,(H,26,31)/b8-7+/t19-/m0/s1. The van der Waals surface area contributed by atoms with Gasteiger partial charge in [-0.3, -0.25) is 4.79 Å². The zero-order chi connectivity index (χ0) is 26.1. The number of ketones is 1. The summed E-state index contributed by atoms with van der Waals surface area (Å²) in [6, 6.07) is 2.17. The third-order valence-electron chi connectivity index (χ3n) is 4.81. The van der Waals surface area contributed by atoms with Gasteiger partial charge in [0.15, 0.2) is 5.78 Å². The molecule has 0 aliphatic heterocycles. The molecule has 2 rings (SSSR count). The van der Waals surface area contributed by atoms with Crippen LogP contribution in [0.2, 0.25) is 25.7 Å². The number of carbonyl (C=O) groups is 2. The number of hydrogen-bond acceptors (Lipinski definition) is 7. The second kappa shape index (κ2) is 13.2. The largest absolute Gasteiger partial charge is 0.444 e. The van der Waals surface area contributed by atoms with Crippen LogP contribution in [-0.4, -0.2) is 46.9 Å². The Hall–Kier alpha value is -2.24. The van der Waals surface area contributed by atoms with Gasteiger partial charge < -0.3 is 23.9 Å². The first-order valence-electron chi connectivity index (χ1n) is 11.7. The predicted octanol–water partition coefficient (Wildman–Crippen LogP) is 6.12. The molecule has 2 aromatic heterocycles. The zero-order valence-electron chi connectivity index (χ0n) is 21.5. The van der Waals surface area contributed by atoms with Crippen LogP contribution in [0.1, 0.15) is 62.4 Å². The highest BCUT2D eigenvalue weighted by Gasteiger charge is 2.24. The molecule has 0 saturated heterocycles. The van der Waals surface area contributed by atoms with E-state index in [-0.39, 0.29) is 5.78 Å². The smallest absolute Gasteiger partial charge is 0.408 e. The van der Waals surface area contributed by atoms with Crippen LogP contribution in [0.3, 0.4) is 0 Å². The topological polar surface area (TPSA) is 108 Å². The Morgan fingerprint density at radius 3 is 2.66 bits per heavy atom. The minimum absolute atomic E-state index is 0.0817. The molecular weight excluding hydrogens is 532 g/mol. The highest BCUT2D eigenvalue weighted by atomic mass is 79.9. The number of alkyl carbamates (subject to hydrolysis) is 1. The molecule has 0 aliphatic rings. The Kier molecular flexibility index (Phi) is 10.9. The molecule has 2 aromatic rings. The summed E-state index contributed by atoms with van der Waals surface area (Å²) < 4.78 is 18.6. The molecule has 0 aliphatic carbocycles. The summed E-state index contributed by atoms with van der Waals surface area (Å²) in [4.78, 5) is 29.2. The summed E-state index contributed by atoms with van der Waals surface area (Å²) in [6.45, 7) is 13.4. The van der Waals surface area contributed by atoms with Crippen LogP contribution in [0.5, 0.6) is 0 Å². The van der Waals surface area contributed by atoms with E-state index in [1.807, 2.05) is 43.7 Å². The number of ether oxygens (including phenoxy) is 2. The van der Waals surface area contributed by atoms with E-state index >= 15 is 0 Å². The number of carbonyl (C=O) groups excluding carboxylic acids is 2. The molecule has 0 fully saturated rings. The van der Waals surface area contributed by atoms with Gasteiger partial charge in [0.2, 0.25) is 0 Å². The molecule has 9 nitrogen and oxygen atoms in total. The van der Waals surface area contributed by atoms with E-state index in [1.165, 1.54) is 6.26 Å². The molecule has 1 atom stereocenters. The van der Waals surface area contributed by atoms with Gasteiger partial charge in [-0.2, -0.15) is 0 Å². The number of amides is 1. The van der Waals surface area contributed by atoms with E-state index in [1.54, 1.807) is 6.07 Å². The zero-order valence-corrected chi connectivity index (χ0v) is 24.1. The second-order valence-corrected chi connectivity index (χ2v) is 16.9. The molecule has 1 N–H and O–H groups in total. The molecule has 0 aromatic carbocycles. The molecule has 1 amide bonds. The van der Waals surface area contributed by atoms with Gasteiger partial charge in [-0.15, -0.1) is 0 Å². The monoisotopic (exact) mass is 568 g/mol. The number of nitrogens with one attached hydrogen (secondary N) is 1. The van der Waals surface area contributed by atoms with Gasteiger partial charge in [-0.25, -0.2) is 9.78 Å². The normalized spacial score (nSPS) is 13.2. The molecular formula is C24H37BrN4O5Si. The first kappa shape index (κ1) is 29.0. The van der Waals surface area contributed by atoms with Crippen molar-refractivity contribution in [3.05, 3.63) is 46.8 Å². The molecule has 0 saturated carbocycles. The van der Waals surface area contributed by atoms with Gasteiger partial charge in [0, 0.05) is 33.4 Å². The quantitative estimate of drug-likeness (QED) is 0.134. The van der Waals surface area contributed by atoms with Crippen LogP contribution < -0.4 is 5.32 Å². The second-order valence-electron chi connectivity index (χ2n) is 10.5. The van der Waals surface area contributed by atoms with E-state index in [0.29, 0.717) is 48.7 Å². The van der Waals surface area contributed by atoms with E-state index in [9.17, 15) is 9.59 Å². The average Bonchev–Trinajstić information content (AvgIpc) is 3.38. The molecule has 11 heteroatoms. The average molecular weight is 570 g/mol. The summed E-state index contributed by atoms with van der Waals surface area (Å²) >= 11 is 3.44. The van der Waals surface area contributed by atoms with Gasteiger partial charge in [0.05, 0.1) is 6.04 Å². The Bertz CT molecular complexity index is 977. The minimum Gasteiger partial charge on any atom is -0.444 e. The van der Waals surface area contributed by atoms with Gasteiger partial charge in [0.1, 0.15) is 34.7 Å². The van der Waals surface area contributed by atoms with Crippen molar-refractivity contribution in [1.29, 1.82) is 0 Å². The fourth-order valence-electron chi connectivity index (χ4n) is 3.05. The maximum atomic E-state index is 12.5. The summed E-state index contributed by atoms with van der Waals surface area (Å²) in [7, 11) is -1.20. The van der Waals surface area contributed by atoms with Crippen molar-refractivity contribution < 1.29 is 23.6 Å². The molecule has 35 heavy (non-hydrogen) atoms. The van der Waals surface area contributed by atoms with Gasteiger partial charge >= 0.3 is 6.09 Å². The number of rotatable bonds is 13. The number of allylic oxidation sites excluding steroid dienone is 1. The van der Waals surface area contributed by atoms with E-state index < -0.39 is 25.8 Å². The summed E-state index contributed by atoms with van der Waals surface area (Å²) in [5.41, 5.74) is -0.300. The van der Waals surface area contributed by atoms with Gasteiger partial charge in [0.25, 0.3) is 0 Å². The maximum Gasteiger partial charge on any atom is 0.408 e. The van der Waals surface area contributed by atoms with Gasteiger partial charge in [-0.05, 0) is 55.6 Å². The van der Waals surface area contributed by atoms with Crippen LogP contribution in [0, 0.1) is 0 Å². The first-order chi connectivity index (χ1) is 16.3. The lowest BCUT2D eigenvalue weighted by Gasteiger charge is -2.23. The van der Waals surface area contributed by atoms with Crippen molar-refractivity contribution in [2.24, 2.45) is 0 Å². The third kappa shape index (κ3) is 11.4. The van der Waals surface area contributed by atoms with E-state index in [0.717, 1.165) is 6.04 Å². The maximum absolute atomic E-state index is 12.5. The SMILES string of the molecule is CC(C)(C)OC(=O)N[C@@H](C/C=C/CCC(=O)c1ccon1)c1nc(Br)cn1COCC[Si](C)(C)C. The van der Waals surface area contributed by atoms with Crippen molar-refractivity contribution >= 4 is 35.9 Å². The lowest BCUT2D eigenvalue weighted by Crippen LogP contribution is -2.36. The van der Waals surface area contributed by atoms with Crippen LogP contribution in [0.25, 0.3) is 0 Å². The lowest BCUT2D eigenvalue weighted by molar-refractivity contribution is 0.0492. The molecule has 0 radical (unpaired) electrons. The number of halogens is 1. The van der Waals surface area contributed by atoms with Crippen molar-refractivity contribution in [3.8, 4) is 0 Å². The number of hydrogen-bond donors (Lipinski definition) is 1. The molecule has 0 unspecified atom stereocenters. The first-order valence-corrected chi connectivity index (χ1v) is 16.2. The van der Waals surface area contributed by atoms with Crippen LogP contribution in [0.15, 0.2) is 39.8 Å². The van der Waals surface area contributed by atoms with E-state index in [4.69, 9.17) is 14.0 Å². The molecule has 2 heterocycles. The summed E-state index contributed by atoms with van der Waals surface area (Å²) in [6.07, 6.45) is 7.86. The Morgan fingerprint density at radius 2 is 2.03 bits per heavy atom.